The zero-order chi connectivity index (χ0) is 17.4. The first-order valence-corrected chi connectivity index (χ1v) is 9.04. The van der Waals surface area contributed by atoms with Gasteiger partial charge in [-0.05, 0) is 0 Å². The molecule has 0 amide bonds. The van der Waals surface area contributed by atoms with Crippen LogP contribution in [0.5, 0.6) is 0 Å². The van der Waals surface area contributed by atoms with Crippen LogP contribution in [0.15, 0.2) is 33.4 Å². The SMILES string of the molecule is O=c1[nH]ncc(N2CCN(Cc3cc(=O)n4ccsc4n3)CC2)c1Cl. The molecule has 4 rings (SSSR count). The first-order valence-electron chi connectivity index (χ1n) is 7.78. The Hall–Kier alpha value is -2.23. The Morgan fingerprint density at radius 1 is 1.24 bits per heavy atom. The van der Waals surface area contributed by atoms with Gasteiger partial charge in [0, 0.05) is 50.4 Å². The van der Waals surface area contributed by atoms with Crippen LogP contribution in [-0.2, 0) is 6.54 Å². The summed E-state index contributed by atoms with van der Waals surface area (Å²) in [5.41, 5.74) is 0.995. The van der Waals surface area contributed by atoms with Crippen LogP contribution in [0.1, 0.15) is 5.69 Å². The quantitative estimate of drug-likeness (QED) is 0.726. The zero-order valence-electron chi connectivity index (χ0n) is 13.2. The predicted molar refractivity (Wildman–Crippen MR) is 96.7 cm³/mol. The lowest BCUT2D eigenvalue weighted by Crippen LogP contribution is -2.46. The number of anilines is 1. The van der Waals surface area contributed by atoms with Crippen LogP contribution >= 0.6 is 22.9 Å². The number of piperazine rings is 1. The Labute approximate surface area is 151 Å². The van der Waals surface area contributed by atoms with Gasteiger partial charge < -0.3 is 4.90 Å². The lowest BCUT2D eigenvalue weighted by Gasteiger charge is -2.35. The van der Waals surface area contributed by atoms with Crippen molar-refractivity contribution in [3.8, 4) is 0 Å². The highest BCUT2D eigenvalue weighted by Crippen LogP contribution is 2.22. The van der Waals surface area contributed by atoms with Crippen molar-refractivity contribution in [2.45, 2.75) is 6.54 Å². The smallest absolute Gasteiger partial charge is 0.285 e. The van der Waals surface area contributed by atoms with E-state index < -0.39 is 0 Å². The molecule has 8 nitrogen and oxygen atoms in total. The molecule has 0 radical (unpaired) electrons. The van der Waals surface area contributed by atoms with Crippen LogP contribution in [0.3, 0.4) is 0 Å². The predicted octanol–water partition coefficient (Wildman–Crippen LogP) is 0.815. The molecule has 0 atom stereocenters. The fraction of sp³-hybridized carbons (Fsp3) is 0.333. The third-order valence-corrected chi connectivity index (χ3v) is 5.35. The van der Waals surface area contributed by atoms with E-state index in [2.05, 4.69) is 20.1 Å². The van der Waals surface area contributed by atoms with Crippen LogP contribution in [0.4, 0.5) is 5.69 Å². The Kier molecular flexibility index (Phi) is 4.28. The van der Waals surface area contributed by atoms with Crippen LogP contribution in [-0.4, -0.2) is 50.7 Å². The Bertz CT molecular complexity index is 1020. The van der Waals surface area contributed by atoms with Crippen molar-refractivity contribution in [1.82, 2.24) is 24.5 Å². The van der Waals surface area contributed by atoms with Gasteiger partial charge in [0.15, 0.2) is 4.96 Å². The monoisotopic (exact) mass is 378 g/mol. The third-order valence-electron chi connectivity index (χ3n) is 4.23. The number of H-pyrrole nitrogens is 1. The van der Waals surface area contributed by atoms with E-state index in [9.17, 15) is 9.59 Å². The summed E-state index contributed by atoms with van der Waals surface area (Å²) in [4.78, 5) is 33.2. The van der Waals surface area contributed by atoms with Crippen molar-refractivity contribution in [3.63, 3.8) is 0 Å². The number of rotatable bonds is 3. The molecule has 0 unspecified atom stereocenters. The van der Waals surface area contributed by atoms with Gasteiger partial charge in [0.05, 0.1) is 17.6 Å². The topological polar surface area (TPSA) is 86.6 Å². The van der Waals surface area contributed by atoms with E-state index in [0.29, 0.717) is 17.2 Å². The fourth-order valence-electron chi connectivity index (χ4n) is 2.94. The highest BCUT2D eigenvalue weighted by Gasteiger charge is 2.21. The molecule has 0 saturated carbocycles. The summed E-state index contributed by atoms with van der Waals surface area (Å²) >= 11 is 7.52. The van der Waals surface area contributed by atoms with Gasteiger partial charge >= 0.3 is 0 Å². The lowest BCUT2D eigenvalue weighted by molar-refractivity contribution is 0.247. The molecule has 10 heteroatoms. The number of hydrogen-bond donors (Lipinski definition) is 1. The van der Waals surface area contributed by atoms with Crippen LogP contribution in [0.2, 0.25) is 5.02 Å². The van der Waals surface area contributed by atoms with E-state index in [1.807, 2.05) is 10.3 Å². The van der Waals surface area contributed by atoms with Crippen molar-refractivity contribution in [2.24, 2.45) is 0 Å². The van der Waals surface area contributed by atoms with Gasteiger partial charge in [-0.15, -0.1) is 11.3 Å². The van der Waals surface area contributed by atoms with E-state index in [0.717, 1.165) is 31.9 Å². The third kappa shape index (κ3) is 3.17. The average Bonchev–Trinajstić information content (AvgIpc) is 3.07. The van der Waals surface area contributed by atoms with Crippen LogP contribution < -0.4 is 16.0 Å². The molecule has 0 aliphatic carbocycles. The van der Waals surface area contributed by atoms with Crippen LogP contribution in [0.25, 0.3) is 4.96 Å². The maximum Gasteiger partial charge on any atom is 0.285 e. The summed E-state index contributed by atoms with van der Waals surface area (Å²) in [6, 6.07) is 1.59. The van der Waals surface area contributed by atoms with Gasteiger partial charge in [0.1, 0.15) is 5.02 Å². The molecule has 3 aromatic rings. The second-order valence-corrected chi connectivity index (χ2v) is 7.05. The minimum absolute atomic E-state index is 0.0544. The van der Waals surface area contributed by atoms with E-state index in [-0.39, 0.29) is 16.1 Å². The minimum Gasteiger partial charge on any atom is -0.366 e. The largest absolute Gasteiger partial charge is 0.366 e. The molecule has 130 valence electrons. The molecule has 4 heterocycles. The molecule has 3 aromatic heterocycles. The van der Waals surface area contributed by atoms with Crippen molar-refractivity contribution >= 4 is 33.6 Å². The van der Waals surface area contributed by atoms with Gasteiger partial charge in [-0.1, -0.05) is 11.6 Å². The molecule has 1 aliphatic heterocycles. The Morgan fingerprint density at radius 2 is 2.04 bits per heavy atom. The highest BCUT2D eigenvalue weighted by molar-refractivity contribution is 7.15. The Balaban J connectivity index is 1.45. The standard InChI is InChI=1S/C15H15ClN6O2S/c16-13-11(8-17-19-14(13)24)21-3-1-20(2-4-21)9-10-7-12(23)22-5-6-25-15(22)18-10/h5-8H,1-4,9H2,(H,19,24). The molecule has 0 spiro atoms. The second-order valence-electron chi connectivity index (χ2n) is 5.80. The minimum atomic E-state index is -0.379. The van der Waals surface area contributed by atoms with E-state index in [1.165, 1.54) is 11.3 Å². The first-order chi connectivity index (χ1) is 12.1. The normalized spacial score (nSPS) is 15.8. The molecule has 1 saturated heterocycles. The van der Waals surface area contributed by atoms with Crippen LogP contribution in [0, 0.1) is 0 Å². The van der Waals surface area contributed by atoms with Gasteiger partial charge in [-0.25, -0.2) is 10.1 Å². The number of thiazole rings is 1. The number of nitrogens with one attached hydrogen (secondary N) is 1. The Morgan fingerprint density at radius 3 is 2.84 bits per heavy atom. The maximum atomic E-state index is 12.1. The number of nitrogens with zero attached hydrogens (tertiary/aromatic N) is 5. The maximum absolute atomic E-state index is 12.1. The number of fused-ring (bicyclic) bond motifs is 1. The summed E-state index contributed by atoms with van der Waals surface area (Å²) in [5, 5.41) is 8.16. The van der Waals surface area contributed by atoms with Gasteiger partial charge in [-0.2, -0.15) is 5.10 Å². The summed E-state index contributed by atoms with van der Waals surface area (Å²) in [6.07, 6.45) is 3.31. The number of aromatic nitrogens is 4. The zero-order valence-corrected chi connectivity index (χ0v) is 14.8. The van der Waals surface area contributed by atoms with E-state index in [1.54, 1.807) is 22.9 Å². The van der Waals surface area contributed by atoms with E-state index >= 15 is 0 Å². The van der Waals surface area contributed by atoms with Gasteiger partial charge in [0.2, 0.25) is 0 Å². The fourth-order valence-corrected chi connectivity index (χ4v) is 3.89. The molecular formula is C15H15ClN6O2S. The van der Waals surface area contributed by atoms with Gasteiger partial charge in [-0.3, -0.25) is 18.9 Å². The first kappa shape index (κ1) is 16.2. The molecule has 1 fully saturated rings. The molecule has 0 bridgehead atoms. The summed E-state index contributed by atoms with van der Waals surface area (Å²) in [5.74, 6) is 0. The summed E-state index contributed by atoms with van der Waals surface area (Å²) < 4.78 is 1.55. The summed E-state index contributed by atoms with van der Waals surface area (Å²) in [6.45, 7) is 3.65. The van der Waals surface area contributed by atoms with Gasteiger partial charge in [0.25, 0.3) is 11.1 Å². The second kappa shape index (κ2) is 6.58. The van der Waals surface area contributed by atoms with Crippen molar-refractivity contribution in [2.75, 3.05) is 31.1 Å². The lowest BCUT2D eigenvalue weighted by atomic mass is 10.2. The van der Waals surface area contributed by atoms with E-state index in [4.69, 9.17) is 11.6 Å². The molecule has 1 N–H and O–H groups in total. The average molecular weight is 379 g/mol. The molecular weight excluding hydrogens is 364 g/mol. The van der Waals surface area contributed by atoms with Crippen molar-refractivity contribution in [1.29, 1.82) is 0 Å². The van der Waals surface area contributed by atoms with Crippen molar-refractivity contribution in [3.05, 3.63) is 55.3 Å². The molecule has 1 aliphatic rings. The summed E-state index contributed by atoms with van der Waals surface area (Å²) in [7, 11) is 0. The molecule has 25 heavy (non-hydrogen) atoms. The molecule has 0 aromatic carbocycles. The number of aromatic amines is 1. The number of halogens is 1. The highest BCUT2D eigenvalue weighted by atomic mass is 35.5. The van der Waals surface area contributed by atoms with Crippen molar-refractivity contribution < 1.29 is 0 Å². The number of hydrogen-bond acceptors (Lipinski definition) is 7.